The number of anilines is 1. The normalized spacial score (nSPS) is 8.43. The maximum Gasteiger partial charge on any atom is 3.00 e. The van der Waals surface area contributed by atoms with Gasteiger partial charge in [0, 0.05) is 9.47 Å². The molecule has 0 saturated heterocycles. The molecule has 0 spiro atoms. The first-order chi connectivity index (χ1) is 6.25. The Labute approximate surface area is 125 Å². The zero-order chi connectivity index (χ0) is 9.68. The van der Waals surface area contributed by atoms with Crippen LogP contribution < -0.4 is 5.73 Å². The number of benzene rings is 1. The fourth-order valence-electron chi connectivity index (χ4n) is 0.759. The van der Waals surface area contributed by atoms with Crippen LogP contribution in [0.15, 0.2) is 12.1 Å². The van der Waals surface area contributed by atoms with Crippen molar-refractivity contribution < 1.29 is 37.2 Å². The molecule has 0 fully saturated rings. The summed E-state index contributed by atoms with van der Waals surface area (Å²) in [4.78, 5) is 0. The molecule has 0 heterocycles. The number of nitrogens with two attached hydrogens (primary N) is 1. The maximum absolute atomic E-state index is 5.79. The second-order valence-corrected chi connectivity index (χ2v) is 3.74. The first-order valence-electron chi connectivity index (χ1n) is 3.51. The number of halogens is 1. The molecule has 1 unspecified atom stereocenters. The van der Waals surface area contributed by atoms with Crippen LogP contribution in [0.5, 0.6) is 0 Å². The molecular weight excluding hydrogens is 385 g/mol. The van der Waals surface area contributed by atoms with Crippen molar-refractivity contribution in [2.45, 2.75) is 0 Å². The zero-order valence-electron chi connectivity index (χ0n) is 7.38. The van der Waals surface area contributed by atoms with E-state index < -0.39 is 0 Å². The molecule has 0 aliphatic carbocycles. The molecule has 5 heteroatoms. The summed E-state index contributed by atoms with van der Waals surface area (Å²) in [6.45, 7) is 0.385. The summed E-state index contributed by atoms with van der Waals surface area (Å²) in [7, 11) is 2.14. The van der Waals surface area contributed by atoms with Gasteiger partial charge in [0.2, 0.25) is 0 Å². The monoisotopic (exact) mass is 393 g/mol. The van der Waals surface area contributed by atoms with Crippen LogP contribution in [0.25, 0.3) is 0 Å². The smallest absolute Gasteiger partial charge is 0.417 e. The van der Waals surface area contributed by atoms with Gasteiger partial charge in [0.05, 0.1) is 0 Å². The van der Waals surface area contributed by atoms with Crippen LogP contribution in [-0.4, -0.2) is 6.61 Å². The van der Waals surface area contributed by atoms with Gasteiger partial charge in [-0.1, -0.05) is 20.7 Å². The number of hydrogen-bond donors (Lipinski definition) is 1. The van der Waals surface area contributed by atoms with Crippen molar-refractivity contribution in [3.63, 3.8) is 0 Å². The van der Waals surface area contributed by atoms with Gasteiger partial charge in [-0.3, -0.25) is 0 Å². The van der Waals surface area contributed by atoms with Crippen LogP contribution in [0.3, 0.4) is 0 Å². The summed E-state index contributed by atoms with van der Waals surface area (Å²) in [6, 6.07) is 6.56. The third-order valence-electron chi connectivity index (χ3n) is 1.36. The summed E-state index contributed by atoms with van der Waals surface area (Å²) in [5, 5.41) is 0. The fraction of sp³-hybridized carbons (Fsp3) is 0.111. The van der Waals surface area contributed by atoms with Crippen molar-refractivity contribution in [3.8, 4) is 11.8 Å². The summed E-state index contributed by atoms with van der Waals surface area (Å²) >= 11 is 2.15. The van der Waals surface area contributed by atoms with Crippen molar-refractivity contribution in [2.24, 2.45) is 0 Å². The number of hydrogen-bond acceptors (Lipinski definition) is 2. The molecule has 0 aromatic heterocycles. The Hall–Kier alpha value is 0.804. The van der Waals surface area contributed by atoms with Crippen molar-refractivity contribution in [1.29, 1.82) is 0 Å². The van der Waals surface area contributed by atoms with Crippen LogP contribution in [0, 0.1) is 21.5 Å². The van der Waals surface area contributed by atoms with Crippen LogP contribution >= 0.6 is 32.1 Å². The third-order valence-corrected chi connectivity index (χ3v) is 2.42. The molecule has 14 heavy (non-hydrogen) atoms. The van der Waals surface area contributed by atoms with E-state index in [0.717, 1.165) is 9.13 Å². The van der Waals surface area contributed by atoms with Gasteiger partial charge in [0.1, 0.15) is 6.61 Å². The zero-order valence-corrected chi connectivity index (χ0v) is 13.5. The van der Waals surface area contributed by atoms with E-state index in [9.17, 15) is 0 Å². The molecular formula is C9H8INOPY+2. The van der Waals surface area contributed by atoms with Crippen LogP contribution in [-0.2, 0) is 37.2 Å². The Kier molecular flexibility index (Phi) is 8.47. The van der Waals surface area contributed by atoms with Gasteiger partial charge in [-0.25, -0.2) is 0 Å². The van der Waals surface area contributed by atoms with Crippen LogP contribution in [0.1, 0.15) is 5.56 Å². The van der Waals surface area contributed by atoms with E-state index in [1.54, 1.807) is 6.07 Å². The van der Waals surface area contributed by atoms with Crippen LogP contribution in [0.4, 0.5) is 5.69 Å². The average Bonchev–Trinajstić information content (AvgIpc) is 2.13. The van der Waals surface area contributed by atoms with Gasteiger partial charge in [0.15, 0.2) is 0 Å². The van der Waals surface area contributed by atoms with E-state index in [-0.39, 0.29) is 32.7 Å². The fourth-order valence-corrected chi connectivity index (χ4v) is 1.31. The van der Waals surface area contributed by atoms with E-state index in [1.807, 2.05) is 6.07 Å². The SMILES string of the molecule is Nc1c(I)c[c-]cc1C#CCOP.[Y+3]. The van der Waals surface area contributed by atoms with Gasteiger partial charge in [-0.2, -0.15) is 18.2 Å². The van der Waals surface area contributed by atoms with E-state index in [2.05, 4.69) is 50.0 Å². The predicted octanol–water partition coefficient (Wildman–Crippen LogP) is 1.83. The summed E-state index contributed by atoms with van der Waals surface area (Å²) in [5.74, 6) is 5.73. The molecule has 0 amide bonds. The second kappa shape index (κ2) is 8.01. The minimum Gasteiger partial charge on any atom is -0.417 e. The molecule has 0 aliphatic rings. The van der Waals surface area contributed by atoms with Crippen molar-refractivity contribution in [3.05, 3.63) is 27.3 Å². The predicted molar refractivity (Wildman–Crippen MR) is 64.9 cm³/mol. The van der Waals surface area contributed by atoms with E-state index in [4.69, 9.17) is 10.3 Å². The molecule has 0 radical (unpaired) electrons. The molecule has 2 nitrogen and oxygen atoms in total. The molecule has 1 aromatic rings. The first kappa shape index (κ1) is 14.8. The third kappa shape index (κ3) is 4.55. The molecule has 0 bridgehead atoms. The van der Waals surface area contributed by atoms with Gasteiger partial charge in [0.25, 0.3) is 0 Å². The first-order valence-corrected chi connectivity index (χ1v) is 5.06. The molecule has 68 valence electrons. The van der Waals surface area contributed by atoms with Crippen LogP contribution in [0.2, 0.25) is 0 Å². The summed E-state index contributed by atoms with van der Waals surface area (Å²) in [6.07, 6.45) is 0. The topological polar surface area (TPSA) is 35.2 Å². The molecule has 1 atom stereocenters. The molecule has 0 saturated carbocycles. The second-order valence-electron chi connectivity index (χ2n) is 2.24. The Balaban J connectivity index is 0.00000169. The molecule has 1 rings (SSSR count). The Bertz CT molecular complexity index is 362. The van der Waals surface area contributed by atoms with E-state index in [0.29, 0.717) is 12.3 Å². The van der Waals surface area contributed by atoms with Crippen molar-refractivity contribution in [1.82, 2.24) is 0 Å². The number of rotatable bonds is 1. The van der Waals surface area contributed by atoms with Gasteiger partial charge < -0.3 is 10.3 Å². The molecule has 2 N–H and O–H groups in total. The minimum absolute atomic E-state index is 0. The Morgan fingerprint density at radius 2 is 2.29 bits per heavy atom. The Morgan fingerprint density at radius 1 is 1.57 bits per heavy atom. The molecule has 1 aromatic carbocycles. The maximum atomic E-state index is 5.79. The largest absolute Gasteiger partial charge is 3.00 e. The van der Waals surface area contributed by atoms with E-state index in [1.165, 1.54) is 0 Å². The molecule has 0 aliphatic heterocycles. The quantitative estimate of drug-likeness (QED) is 0.260. The minimum atomic E-state index is 0. The Morgan fingerprint density at radius 3 is 2.93 bits per heavy atom. The van der Waals surface area contributed by atoms with Gasteiger partial charge in [-0.05, 0) is 0 Å². The summed E-state index contributed by atoms with van der Waals surface area (Å²) in [5.41, 5.74) is 7.29. The standard InChI is InChI=1S/C9H8INOP.Y/c10-8-5-1-3-7(9(8)11)4-2-6-12-13;/h3,5H,6,11,13H2;/q-1;+3. The average molecular weight is 393 g/mol. The van der Waals surface area contributed by atoms with E-state index >= 15 is 0 Å². The van der Waals surface area contributed by atoms with Crippen molar-refractivity contribution >= 4 is 37.7 Å². The summed E-state index contributed by atoms with van der Waals surface area (Å²) < 4.78 is 5.69. The van der Waals surface area contributed by atoms with Gasteiger partial charge in [-0.15, -0.1) is 28.5 Å². The van der Waals surface area contributed by atoms with Gasteiger partial charge >= 0.3 is 32.7 Å². The number of nitrogen functional groups attached to an aromatic ring is 1. The van der Waals surface area contributed by atoms with Crippen molar-refractivity contribution in [2.75, 3.05) is 12.3 Å².